The maximum absolute atomic E-state index is 6.26. The average Bonchev–Trinajstić information content (AvgIpc) is 3.42. The predicted molar refractivity (Wildman–Crippen MR) is 136 cm³/mol. The summed E-state index contributed by atoms with van der Waals surface area (Å²) in [5.74, 6) is 0.976. The number of aryl methyl sites for hydroxylation is 1. The Morgan fingerprint density at radius 2 is 1.30 bits per heavy atom. The van der Waals surface area contributed by atoms with Crippen LogP contribution in [-0.2, 0) is 7.05 Å². The van der Waals surface area contributed by atoms with Gasteiger partial charge in [0.05, 0.1) is 11.0 Å². The van der Waals surface area contributed by atoms with Crippen molar-refractivity contribution < 1.29 is 4.42 Å². The molecule has 156 valence electrons. The lowest BCUT2D eigenvalue weighted by Gasteiger charge is -2.09. The highest BCUT2D eigenvalue weighted by atomic mass is 16.3. The molecule has 3 nitrogen and oxygen atoms in total. The van der Waals surface area contributed by atoms with Crippen molar-refractivity contribution in [1.29, 1.82) is 0 Å². The van der Waals surface area contributed by atoms with Crippen LogP contribution >= 0.6 is 0 Å². The number of rotatable bonds is 2. The second kappa shape index (κ2) is 6.81. The van der Waals surface area contributed by atoms with Crippen molar-refractivity contribution in [3.05, 3.63) is 103 Å². The highest BCUT2D eigenvalue weighted by Gasteiger charge is 2.15. The van der Waals surface area contributed by atoms with Gasteiger partial charge in [-0.15, -0.1) is 0 Å². The van der Waals surface area contributed by atoms with Crippen LogP contribution in [0, 0.1) is 0 Å². The molecule has 0 fully saturated rings. The Labute approximate surface area is 190 Å². The standard InChI is InChI=1S/C30H20N2O/c1-32-27-12-6-5-11-26(27)31-30(32)20-16-14-19(15-17-20)24-18-25-22-9-4-7-13-28(22)33-29(25)23-10-3-2-8-21(23)24/h2-18H,1H3. The first-order valence-corrected chi connectivity index (χ1v) is 11.1. The molecule has 7 aromatic rings. The molecule has 2 aromatic heterocycles. The maximum atomic E-state index is 6.26. The van der Waals surface area contributed by atoms with Gasteiger partial charge in [-0.05, 0) is 40.8 Å². The molecule has 0 aliphatic carbocycles. The molecule has 0 saturated carbocycles. The lowest BCUT2D eigenvalue weighted by molar-refractivity contribution is 0.672. The molecule has 0 saturated heterocycles. The highest BCUT2D eigenvalue weighted by molar-refractivity contribution is 6.19. The van der Waals surface area contributed by atoms with E-state index in [9.17, 15) is 0 Å². The molecule has 5 aromatic carbocycles. The van der Waals surface area contributed by atoms with Crippen molar-refractivity contribution in [3.63, 3.8) is 0 Å². The lowest BCUT2D eigenvalue weighted by atomic mass is 9.95. The molecule has 0 amide bonds. The first kappa shape index (κ1) is 18.2. The van der Waals surface area contributed by atoms with Gasteiger partial charge in [-0.25, -0.2) is 4.98 Å². The zero-order valence-electron chi connectivity index (χ0n) is 18.1. The third-order valence-corrected chi connectivity index (χ3v) is 6.63. The van der Waals surface area contributed by atoms with Crippen molar-refractivity contribution in [2.24, 2.45) is 7.05 Å². The molecule has 0 unspecified atom stereocenters. The van der Waals surface area contributed by atoms with Gasteiger partial charge in [-0.3, -0.25) is 0 Å². The number of fused-ring (bicyclic) bond motifs is 6. The van der Waals surface area contributed by atoms with E-state index in [-0.39, 0.29) is 0 Å². The van der Waals surface area contributed by atoms with E-state index in [1.807, 2.05) is 18.2 Å². The Bertz CT molecular complexity index is 1820. The fourth-order valence-corrected chi connectivity index (χ4v) is 4.99. The maximum Gasteiger partial charge on any atom is 0.143 e. The van der Waals surface area contributed by atoms with Gasteiger partial charge in [-0.2, -0.15) is 0 Å². The molecule has 0 radical (unpaired) electrons. The zero-order chi connectivity index (χ0) is 21.9. The van der Waals surface area contributed by atoms with E-state index in [4.69, 9.17) is 9.40 Å². The molecule has 0 atom stereocenters. The number of benzene rings is 5. The Morgan fingerprint density at radius 1 is 0.636 bits per heavy atom. The van der Waals surface area contributed by atoms with E-state index in [1.165, 1.54) is 16.5 Å². The normalized spacial score (nSPS) is 11.8. The summed E-state index contributed by atoms with van der Waals surface area (Å²) >= 11 is 0. The van der Waals surface area contributed by atoms with E-state index in [0.717, 1.165) is 49.7 Å². The summed E-state index contributed by atoms with van der Waals surface area (Å²) in [6, 6.07) is 36.0. The molecule has 0 aliphatic heterocycles. The molecule has 2 heterocycles. The Hall–Kier alpha value is -4.37. The summed E-state index contributed by atoms with van der Waals surface area (Å²) in [4.78, 5) is 4.85. The minimum absolute atomic E-state index is 0.923. The summed E-state index contributed by atoms with van der Waals surface area (Å²) < 4.78 is 8.42. The van der Waals surface area contributed by atoms with E-state index >= 15 is 0 Å². The van der Waals surface area contributed by atoms with Crippen molar-refractivity contribution in [2.75, 3.05) is 0 Å². The number of hydrogen-bond donors (Lipinski definition) is 0. The first-order chi connectivity index (χ1) is 16.3. The van der Waals surface area contributed by atoms with Crippen molar-refractivity contribution in [2.45, 2.75) is 0 Å². The topological polar surface area (TPSA) is 31.0 Å². The summed E-state index contributed by atoms with van der Waals surface area (Å²) in [6.45, 7) is 0. The highest BCUT2D eigenvalue weighted by Crippen LogP contribution is 2.40. The Morgan fingerprint density at radius 3 is 2.12 bits per heavy atom. The van der Waals surface area contributed by atoms with Crippen molar-refractivity contribution in [1.82, 2.24) is 9.55 Å². The Balaban J connectivity index is 1.43. The van der Waals surface area contributed by atoms with Crippen LogP contribution in [0.4, 0.5) is 0 Å². The first-order valence-electron chi connectivity index (χ1n) is 11.1. The smallest absolute Gasteiger partial charge is 0.143 e. The molecular formula is C30H20N2O. The van der Waals surface area contributed by atoms with Gasteiger partial charge in [0.15, 0.2) is 0 Å². The predicted octanol–water partition coefficient (Wildman–Crippen LogP) is 7.96. The SMILES string of the molecule is Cn1c(-c2ccc(-c3cc4c5ccccc5oc4c4ccccc34)cc2)nc2ccccc21. The second-order valence-corrected chi connectivity index (χ2v) is 8.51. The van der Waals surface area contributed by atoms with Gasteiger partial charge >= 0.3 is 0 Å². The number of hydrogen-bond acceptors (Lipinski definition) is 2. The van der Waals surface area contributed by atoms with Crippen LogP contribution in [0.1, 0.15) is 0 Å². The van der Waals surface area contributed by atoms with Gasteiger partial charge in [0.25, 0.3) is 0 Å². The largest absolute Gasteiger partial charge is 0.455 e. The van der Waals surface area contributed by atoms with Crippen LogP contribution in [0.3, 0.4) is 0 Å². The minimum Gasteiger partial charge on any atom is -0.455 e. The van der Waals surface area contributed by atoms with Gasteiger partial charge in [-0.1, -0.05) is 78.9 Å². The van der Waals surface area contributed by atoms with Crippen LogP contribution in [0.25, 0.3) is 66.3 Å². The van der Waals surface area contributed by atoms with E-state index in [0.29, 0.717) is 0 Å². The number of furan rings is 1. The molecule has 33 heavy (non-hydrogen) atoms. The van der Waals surface area contributed by atoms with Crippen LogP contribution < -0.4 is 0 Å². The quantitative estimate of drug-likeness (QED) is 0.282. The third kappa shape index (κ3) is 2.66. The molecule has 3 heteroatoms. The van der Waals surface area contributed by atoms with Crippen LogP contribution in [0.15, 0.2) is 108 Å². The summed E-state index contributed by atoms with van der Waals surface area (Å²) in [6.07, 6.45) is 0. The molecule has 0 bridgehead atoms. The zero-order valence-corrected chi connectivity index (χ0v) is 18.1. The minimum atomic E-state index is 0.923. The van der Waals surface area contributed by atoms with Crippen LogP contribution in [0.5, 0.6) is 0 Å². The molecule has 0 aliphatic rings. The summed E-state index contributed by atoms with van der Waals surface area (Å²) in [5.41, 5.74) is 7.53. The molecule has 7 rings (SSSR count). The van der Waals surface area contributed by atoms with Gasteiger partial charge in [0, 0.05) is 28.8 Å². The van der Waals surface area contributed by atoms with Crippen molar-refractivity contribution in [3.8, 4) is 22.5 Å². The van der Waals surface area contributed by atoms with E-state index in [2.05, 4.69) is 96.5 Å². The second-order valence-electron chi connectivity index (χ2n) is 8.51. The van der Waals surface area contributed by atoms with Crippen LogP contribution in [0.2, 0.25) is 0 Å². The fourth-order valence-electron chi connectivity index (χ4n) is 4.99. The van der Waals surface area contributed by atoms with Gasteiger partial charge in [0.1, 0.15) is 17.0 Å². The average molecular weight is 425 g/mol. The number of para-hydroxylation sites is 3. The lowest BCUT2D eigenvalue weighted by Crippen LogP contribution is -1.92. The number of nitrogens with zero attached hydrogens (tertiary/aromatic N) is 2. The fraction of sp³-hybridized carbons (Fsp3) is 0.0333. The summed E-state index contributed by atoms with van der Waals surface area (Å²) in [5, 5.41) is 4.63. The van der Waals surface area contributed by atoms with Crippen LogP contribution in [-0.4, -0.2) is 9.55 Å². The number of imidazole rings is 1. The molecule has 0 N–H and O–H groups in total. The van der Waals surface area contributed by atoms with Gasteiger partial charge in [0.2, 0.25) is 0 Å². The van der Waals surface area contributed by atoms with E-state index in [1.54, 1.807) is 0 Å². The summed E-state index contributed by atoms with van der Waals surface area (Å²) in [7, 11) is 2.07. The molecule has 0 spiro atoms. The van der Waals surface area contributed by atoms with Gasteiger partial charge < -0.3 is 8.98 Å². The monoisotopic (exact) mass is 424 g/mol. The number of aromatic nitrogens is 2. The molecular weight excluding hydrogens is 404 g/mol. The van der Waals surface area contributed by atoms with E-state index < -0.39 is 0 Å². The van der Waals surface area contributed by atoms with Crippen molar-refractivity contribution >= 4 is 43.7 Å². The Kier molecular flexibility index (Phi) is 3.76. The third-order valence-electron chi connectivity index (χ3n) is 6.63.